The summed E-state index contributed by atoms with van der Waals surface area (Å²) < 4.78 is 6.59. The highest BCUT2D eigenvalue weighted by atomic mass is 35.5. The third kappa shape index (κ3) is 4.98. The number of fused-ring (bicyclic) bond motifs is 1. The van der Waals surface area contributed by atoms with E-state index >= 15 is 0 Å². The third-order valence-corrected chi connectivity index (χ3v) is 6.55. The second-order valence-corrected chi connectivity index (χ2v) is 9.57. The van der Waals surface area contributed by atoms with Crippen LogP contribution in [0.15, 0.2) is 29.3 Å². The van der Waals surface area contributed by atoms with Crippen molar-refractivity contribution in [1.29, 1.82) is 0 Å². The number of benzene rings is 1. The van der Waals surface area contributed by atoms with Crippen molar-refractivity contribution >= 4 is 62.3 Å². The van der Waals surface area contributed by atoms with Crippen LogP contribution in [0.2, 0.25) is 10.0 Å². The zero-order valence-electron chi connectivity index (χ0n) is 18.1. The number of nitrogens with one attached hydrogen (secondary N) is 1. The van der Waals surface area contributed by atoms with Crippen molar-refractivity contribution < 1.29 is 14.3 Å². The maximum Gasteiger partial charge on any atom is 0.348 e. The summed E-state index contributed by atoms with van der Waals surface area (Å²) in [4.78, 5) is 43.8. The highest BCUT2D eigenvalue weighted by Gasteiger charge is 2.25. The van der Waals surface area contributed by atoms with Crippen molar-refractivity contribution in [3.63, 3.8) is 0 Å². The van der Waals surface area contributed by atoms with Crippen LogP contribution in [-0.4, -0.2) is 28.0 Å². The molecule has 3 rings (SSSR count). The molecule has 2 heterocycles. The first-order chi connectivity index (χ1) is 15.1. The lowest BCUT2D eigenvalue weighted by atomic mass is 10.1. The molecule has 0 saturated heterocycles. The summed E-state index contributed by atoms with van der Waals surface area (Å²) in [6.45, 7) is 7.65. The number of carbonyl (C=O) groups excluding carboxylic acids is 2. The van der Waals surface area contributed by atoms with Crippen LogP contribution >= 0.6 is 34.5 Å². The minimum Gasteiger partial charge on any atom is -0.461 e. The number of aromatic nitrogens is 2. The number of rotatable bonds is 7. The van der Waals surface area contributed by atoms with Crippen LogP contribution in [0.4, 0.5) is 5.69 Å². The SMILES string of the molecule is CCC(C(=O)Nc1ccc(Cl)cc1Cl)n1cnc2sc(C(=O)OCC(C)C)c(C)c2c1=O. The zero-order valence-corrected chi connectivity index (χ0v) is 20.4. The summed E-state index contributed by atoms with van der Waals surface area (Å²) in [5.74, 6) is -0.696. The Kier molecular flexibility index (Phi) is 7.59. The molecule has 0 saturated carbocycles. The lowest BCUT2D eigenvalue weighted by molar-refractivity contribution is -0.119. The molecule has 170 valence electrons. The molecule has 1 unspecified atom stereocenters. The monoisotopic (exact) mass is 495 g/mol. The summed E-state index contributed by atoms with van der Waals surface area (Å²) in [6.07, 6.45) is 1.68. The van der Waals surface area contributed by atoms with Gasteiger partial charge in [-0.05, 0) is 43.0 Å². The molecule has 32 heavy (non-hydrogen) atoms. The number of esters is 1. The van der Waals surface area contributed by atoms with Gasteiger partial charge in [0.2, 0.25) is 5.91 Å². The summed E-state index contributed by atoms with van der Waals surface area (Å²) in [6, 6.07) is 3.91. The van der Waals surface area contributed by atoms with Gasteiger partial charge in [-0.15, -0.1) is 11.3 Å². The average Bonchev–Trinajstić information content (AvgIpc) is 3.07. The van der Waals surface area contributed by atoms with Gasteiger partial charge in [0, 0.05) is 5.02 Å². The summed E-state index contributed by atoms with van der Waals surface area (Å²) in [5.41, 5.74) is 0.501. The molecule has 1 atom stereocenters. The van der Waals surface area contributed by atoms with Gasteiger partial charge in [0.1, 0.15) is 15.7 Å². The smallest absolute Gasteiger partial charge is 0.348 e. The van der Waals surface area contributed by atoms with E-state index in [0.717, 1.165) is 11.3 Å². The number of ether oxygens (including phenoxy) is 1. The van der Waals surface area contributed by atoms with Crippen molar-refractivity contribution in [2.45, 2.75) is 40.2 Å². The normalized spacial score (nSPS) is 12.2. The largest absolute Gasteiger partial charge is 0.461 e. The molecule has 0 bridgehead atoms. The number of thiophene rings is 1. The van der Waals surface area contributed by atoms with Gasteiger partial charge in [0.05, 0.1) is 29.0 Å². The van der Waals surface area contributed by atoms with Gasteiger partial charge < -0.3 is 10.1 Å². The van der Waals surface area contributed by atoms with E-state index < -0.39 is 23.5 Å². The molecule has 0 aliphatic heterocycles. The van der Waals surface area contributed by atoms with Crippen molar-refractivity contribution in [3.8, 4) is 0 Å². The average molecular weight is 496 g/mol. The van der Waals surface area contributed by atoms with Gasteiger partial charge in [0.15, 0.2) is 0 Å². The van der Waals surface area contributed by atoms with E-state index in [-0.39, 0.29) is 12.5 Å². The van der Waals surface area contributed by atoms with Crippen LogP contribution in [0, 0.1) is 12.8 Å². The summed E-state index contributed by atoms with van der Waals surface area (Å²) in [5, 5.41) is 3.79. The number of hydrogen-bond donors (Lipinski definition) is 1. The molecular weight excluding hydrogens is 473 g/mol. The Morgan fingerprint density at radius 1 is 1.28 bits per heavy atom. The number of nitrogens with zero attached hydrogens (tertiary/aromatic N) is 2. The minimum absolute atomic E-state index is 0.196. The topological polar surface area (TPSA) is 90.3 Å². The molecule has 1 amide bonds. The minimum atomic E-state index is -0.818. The Labute approximate surface area is 199 Å². The first-order valence-electron chi connectivity index (χ1n) is 10.1. The lowest BCUT2D eigenvalue weighted by Gasteiger charge is -2.18. The summed E-state index contributed by atoms with van der Waals surface area (Å²) in [7, 11) is 0. The molecule has 0 aliphatic carbocycles. The van der Waals surface area contributed by atoms with Crippen LogP contribution in [-0.2, 0) is 9.53 Å². The Balaban J connectivity index is 1.95. The maximum atomic E-state index is 13.3. The van der Waals surface area contributed by atoms with E-state index in [1.807, 2.05) is 13.8 Å². The number of aryl methyl sites for hydroxylation is 1. The second-order valence-electron chi connectivity index (χ2n) is 7.72. The Hall–Kier alpha value is -2.42. The molecule has 0 spiro atoms. The number of amides is 1. The van der Waals surface area contributed by atoms with Crippen LogP contribution in [0.3, 0.4) is 0 Å². The van der Waals surface area contributed by atoms with Crippen molar-refractivity contribution in [1.82, 2.24) is 9.55 Å². The number of hydrogen-bond acceptors (Lipinski definition) is 6. The van der Waals surface area contributed by atoms with Crippen molar-refractivity contribution in [2.75, 3.05) is 11.9 Å². The molecule has 0 fully saturated rings. The fraction of sp³-hybridized carbons (Fsp3) is 0.364. The van der Waals surface area contributed by atoms with Gasteiger partial charge in [-0.3, -0.25) is 14.2 Å². The van der Waals surface area contributed by atoms with Gasteiger partial charge in [0.25, 0.3) is 5.56 Å². The summed E-state index contributed by atoms with van der Waals surface area (Å²) >= 11 is 13.2. The zero-order chi connectivity index (χ0) is 23.6. The third-order valence-electron chi connectivity index (χ3n) is 4.82. The lowest BCUT2D eigenvalue weighted by Crippen LogP contribution is -2.33. The molecule has 7 nitrogen and oxygen atoms in total. The van der Waals surface area contributed by atoms with Crippen LogP contribution in [0.5, 0.6) is 0 Å². The van der Waals surface area contributed by atoms with E-state index in [9.17, 15) is 14.4 Å². The molecular formula is C22H23Cl2N3O4S. The standard InChI is InChI=1S/C22H23Cl2N3O4S/c1-5-16(19(28)26-15-7-6-13(23)8-14(15)24)27-10-25-20-17(21(27)29)12(4)18(32-20)22(30)31-9-11(2)3/h6-8,10-11,16H,5,9H2,1-4H3,(H,26,28). The van der Waals surface area contributed by atoms with E-state index in [1.54, 1.807) is 26.0 Å². The predicted octanol–water partition coefficient (Wildman–Crippen LogP) is 5.48. The van der Waals surface area contributed by atoms with Crippen LogP contribution in [0.1, 0.15) is 48.5 Å². The quantitative estimate of drug-likeness (QED) is 0.438. The van der Waals surface area contributed by atoms with E-state index in [0.29, 0.717) is 42.8 Å². The van der Waals surface area contributed by atoms with Gasteiger partial charge in [-0.2, -0.15) is 0 Å². The van der Waals surface area contributed by atoms with Crippen molar-refractivity contribution in [3.05, 3.63) is 55.4 Å². The number of carbonyl (C=O) groups is 2. The Morgan fingerprint density at radius 2 is 2.00 bits per heavy atom. The molecule has 1 aromatic carbocycles. The molecule has 0 aliphatic rings. The fourth-order valence-electron chi connectivity index (χ4n) is 3.18. The van der Waals surface area contributed by atoms with E-state index in [4.69, 9.17) is 27.9 Å². The van der Waals surface area contributed by atoms with E-state index in [2.05, 4.69) is 10.3 Å². The molecule has 0 radical (unpaired) electrons. The molecule has 10 heteroatoms. The molecule has 1 N–H and O–H groups in total. The fourth-order valence-corrected chi connectivity index (χ4v) is 4.67. The van der Waals surface area contributed by atoms with Gasteiger partial charge in [-0.25, -0.2) is 9.78 Å². The molecule has 2 aromatic heterocycles. The van der Waals surface area contributed by atoms with E-state index in [1.165, 1.54) is 17.0 Å². The number of anilines is 1. The van der Waals surface area contributed by atoms with Crippen molar-refractivity contribution in [2.24, 2.45) is 5.92 Å². The Bertz CT molecular complexity index is 1240. The Morgan fingerprint density at radius 3 is 2.62 bits per heavy atom. The first-order valence-corrected chi connectivity index (χ1v) is 11.6. The highest BCUT2D eigenvalue weighted by molar-refractivity contribution is 7.20. The van der Waals surface area contributed by atoms with Crippen LogP contribution < -0.4 is 10.9 Å². The van der Waals surface area contributed by atoms with Gasteiger partial charge in [-0.1, -0.05) is 44.0 Å². The van der Waals surface area contributed by atoms with Gasteiger partial charge >= 0.3 is 5.97 Å². The predicted molar refractivity (Wildman–Crippen MR) is 128 cm³/mol. The highest BCUT2D eigenvalue weighted by Crippen LogP contribution is 2.29. The molecule has 3 aromatic rings. The first kappa shape index (κ1) is 24.2. The maximum absolute atomic E-state index is 13.3. The second kappa shape index (κ2) is 10.0. The van der Waals surface area contributed by atoms with Crippen LogP contribution in [0.25, 0.3) is 10.2 Å². The number of halogens is 2.